The number of carbonyl (C=O) groups excluding carboxylic acids is 1. The first-order valence-corrected chi connectivity index (χ1v) is 6.63. The van der Waals surface area contributed by atoms with Gasteiger partial charge in [-0.3, -0.25) is 4.79 Å². The Bertz CT molecular complexity index is 620. The highest BCUT2D eigenvalue weighted by molar-refractivity contribution is 5.89. The van der Waals surface area contributed by atoms with Crippen LogP contribution < -0.4 is 5.32 Å². The van der Waals surface area contributed by atoms with Gasteiger partial charge in [0.25, 0.3) is 0 Å². The Morgan fingerprint density at radius 1 is 1.30 bits per heavy atom. The smallest absolute Gasteiger partial charge is 0.309 e. The van der Waals surface area contributed by atoms with Gasteiger partial charge >= 0.3 is 11.8 Å². The van der Waals surface area contributed by atoms with Gasteiger partial charge in [-0.25, -0.2) is 4.39 Å². The predicted octanol–water partition coefficient (Wildman–Crippen LogP) is 2.55. The lowest BCUT2D eigenvalue weighted by molar-refractivity contribution is 0.0903. The van der Waals surface area contributed by atoms with Crippen molar-refractivity contribution in [3.05, 3.63) is 36.0 Å². The summed E-state index contributed by atoms with van der Waals surface area (Å²) in [4.78, 5) is 11.9. The maximum absolute atomic E-state index is 13.1. The molecule has 1 N–H and O–H groups in total. The molecule has 104 valence electrons. The maximum Gasteiger partial charge on any atom is 0.309 e. The van der Waals surface area contributed by atoms with E-state index in [9.17, 15) is 9.18 Å². The number of rotatable bonds is 3. The molecular formula is C14H14FN3O2. The third-order valence-electron chi connectivity index (χ3n) is 3.38. The molecule has 0 bridgehead atoms. The summed E-state index contributed by atoms with van der Waals surface area (Å²) in [6, 6.07) is 5.99. The molecule has 0 aliphatic heterocycles. The Morgan fingerprint density at radius 3 is 2.85 bits per heavy atom. The molecule has 6 heteroatoms. The van der Waals surface area contributed by atoms with E-state index in [1.165, 1.54) is 12.1 Å². The molecule has 1 aliphatic rings. The Hall–Kier alpha value is -2.24. The van der Waals surface area contributed by atoms with Gasteiger partial charge in [0.1, 0.15) is 5.82 Å². The molecular weight excluding hydrogens is 261 g/mol. The van der Waals surface area contributed by atoms with E-state index in [-0.39, 0.29) is 23.7 Å². The van der Waals surface area contributed by atoms with Gasteiger partial charge in [-0.05, 0) is 31.0 Å². The summed E-state index contributed by atoms with van der Waals surface area (Å²) in [6.07, 6.45) is 4.22. The number of hydrogen-bond donors (Lipinski definition) is 1. The zero-order valence-corrected chi connectivity index (χ0v) is 10.8. The van der Waals surface area contributed by atoms with Crippen molar-refractivity contribution in [3.63, 3.8) is 0 Å². The third-order valence-corrected chi connectivity index (χ3v) is 3.38. The summed E-state index contributed by atoms with van der Waals surface area (Å²) in [5.41, 5.74) is 0.456. The molecule has 1 aromatic heterocycles. The summed E-state index contributed by atoms with van der Waals surface area (Å²) in [5.74, 6) is -0.707. The van der Waals surface area contributed by atoms with Crippen LogP contribution in [0, 0.1) is 5.82 Å². The molecule has 1 fully saturated rings. The van der Waals surface area contributed by atoms with Crippen molar-refractivity contribution in [1.82, 2.24) is 15.5 Å². The zero-order chi connectivity index (χ0) is 13.9. The van der Waals surface area contributed by atoms with Crippen molar-refractivity contribution in [2.75, 3.05) is 0 Å². The summed E-state index contributed by atoms with van der Waals surface area (Å²) < 4.78 is 18.4. The predicted molar refractivity (Wildman–Crippen MR) is 69.4 cm³/mol. The number of hydrogen-bond acceptors (Lipinski definition) is 4. The van der Waals surface area contributed by atoms with E-state index in [0.717, 1.165) is 25.7 Å². The Balaban J connectivity index is 1.74. The van der Waals surface area contributed by atoms with Gasteiger partial charge in [0.2, 0.25) is 5.89 Å². The third kappa shape index (κ3) is 2.68. The fourth-order valence-corrected chi connectivity index (χ4v) is 2.37. The summed E-state index contributed by atoms with van der Waals surface area (Å²) in [5, 5.41) is 10.4. The quantitative estimate of drug-likeness (QED) is 0.934. The number of carbonyl (C=O) groups is 1. The zero-order valence-electron chi connectivity index (χ0n) is 10.8. The molecule has 0 unspecified atom stereocenters. The van der Waals surface area contributed by atoms with Crippen molar-refractivity contribution in [2.45, 2.75) is 31.7 Å². The van der Waals surface area contributed by atoms with Crippen LogP contribution in [0.15, 0.2) is 28.7 Å². The minimum Gasteiger partial charge on any atom is -0.412 e. The van der Waals surface area contributed by atoms with Gasteiger partial charge < -0.3 is 9.73 Å². The Labute approximate surface area is 115 Å². The molecule has 1 amide bonds. The largest absolute Gasteiger partial charge is 0.412 e. The average molecular weight is 275 g/mol. The lowest BCUT2D eigenvalue weighted by Crippen LogP contribution is -2.32. The van der Waals surface area contributed by atoms with Crippen LogP contribution in [0.5, 0.6) is 0 Å². The number of amides is 1. The normalized spacial score (nSPS) is 15.4. The first-order valence-electron chi connectivity index (χ1n) is 6.63. The van der Waals surface area contributed by atoms with Crippen molar-refractivity contribution in [3.8, 4) is 11.5 Å². The van der Waals surface area contributed by atoms with Gasteiger partial charge in [0.15, 0.2) is 0 Å². The van der Waals surface area contributed by atoms with E-state index in [2.05, 4.69) is 15.5 Å². The second-order valence-corrected chi connectivity index (χ2v) is 4.88. The van der Waals surface area contributed by atoms with Crippen LogP contribution in [0.2, 0.25) is 0 Å². The minimum atomic E-state index is -0.391. The SMILES string of the molecule is O=C(NC1CCCC1)c1nnc(-c2cccc(F)c2)o1. The van der Waals surface area contributed by atoms with E-state index < -0.39 is 5.82 Å². The maximum atomic E-state index is 13.1. The van der Waals surface area contributed by atoms with Gasteiger partial charge in [-0.15, -0.1) is 10.2 Å². The van der Waals surface area contributed by atoms with Crippen LogP contribution in [0.4, 0.5) is 4.39 Å². The van der Waals surface area contributed by atoms with Gasteiger partial charge in [-0.2, -0.15) is 0 Å². The molecule has 3 rings (SSSR count). The second kappa shape index (κ2) is 5.40. The molecule has 0 spiro atoms. The molecule has 0 radical (unpaired) electrons. The van der Waals surface area contributed by atoms with Crippen molar-refractivity contribution < 1.29 is 13.6 Å². The van der Waals surface area contributed by atoms with Crippen LogP contribution in [0.1, 0.15) is 36.4 Å². The molecule has 1 aliphatic carbocycles. The summed E-state index contributed by atoms with van der Waals surface area (Å²) in [7, 11) is 0. The van der Waals surface area contributed by atoms with Crippen molar-refractivity contribution in [2.24, 2.45) is 0 Å². The minimum absolute atomic E-state index is 0.0869. The van der Waals surface area contributed by atoms with E-state index in [1.54, 1.807) is 12.1 Å². The standard InChI is InChI=1S/C14H14FN3O2/c15-10-5-3-4-9(8-10)13-17-18-14(20-13)12(19)16-11-6-1-2-7-11/h3-5,8,11H,1-2,6-7H2,(H,16,19). The molecule has 5 nitrogen and oxygen atoms in total. The van der Waals surface area contributed by atoms with Crippen LogP contribution in [-0.4, -0.2) is 22.1 Å². The highest BCUT2D eigenvalue weighted by Crippen LogP contribution is 2.20. The van der Waals surface area contributed by atoms with Crippen LogP contribution >= 0.6 is 0 Å². The van der Waals surface area contributed by atoms with E-state index >= 15 is 0 Å². The number of nitrogens with zero attached hydrogens (tertiary/aromatic N) is 2. The number of nitrogens with one attached hydrogen (secondary N) is 1. The fraction of sp³-hybridized carbons (Fsp3) is 0.357. The van der Waals surface area contributed by atoms with Crippen LogP contribution in [0.3, 0.4) is 0 Å². The van der Waals surface area contributed by atoms with Gasteiger partial charge in [-0.1, -0.05) is 18.9 Å². The molecule has 1 aromatic carbocycles. The number of halogens is 1. The summed E-state index contributed by atoms with van der Waals surface area (Å²) in [6.45, 7) is 0. The van der Waals surface area contributed by atoms with Crippen LogP contribution in [-0.2, 0) is 0 Å². The molecule has 1 saturated carbocycles. The first-order chi connectivity index (χ1) is 9.72. The van der Waals surface area contributed by atoms with Crippen molar-refractivity contribution in [1.29, 1.82) is 0 Å². The van der Waals surface area contributed by atoms with Crippen LogP contribution in [0.25, 0.3) is 11.5 Å². The lowest BCUT2D eigenvalue weighted by Gasteiger charge is -2.08. The molecule has 2 aromatic rings. The summed E-state index contributed by atoms with van der Waals surface area (Å²) >= 11 is 0. The number of aromatic nitrogens is 2. The van der Waals surface area contributed by atoms with E-state index in [4.69, 9.17) is 4.42 Å². The molecule has 20 heavy (non-hydrogen) atoms. The Kier molecular flexibility index (Phi) is 3.45. The molecule has 0 atom stereocenters. The topological polar surface area (TPSA) is 68.0 Å². The van der Waals surface area contributed by atoms with Crippen molar-refractivity contribution >= 4 is 5.91 Å². The second-order valence-electron chi connectivity index (χ2n) is 4.88. The fourth-order valence-electron chi connectivity index (χ4n) is 2.37. The van der Waals surface area contributed by atoms with E-state index in [1.807, 2.05) is 0 Å². The molecule has 1 heterocycles. The highest BCUT2D eigenvalue weighted by atomic mass is 19.1. The first kappa shape index (κ1) is 12.8. The number of benzene rings is 1. The monoisotopic (exact) mass is 275 g/mol. The highest BCUT2D eigenvalue weighted by Gasteiger charge is 2.21. The average Bonchev–Trinajstić information content (AvgIpc) is 3.09. The Morgan fingerprint density at radius 2 is 2.10 bits per heavy atom. The molecule has 0 saturated heterocycles. The van der Waals surface area contributed by atoms with Gasteiger partial charge in [0.05, 0.1) is 0 Å². The lowest BCUT2D eigenvalue weighted by atomic mass is 10.2. The van der Waals surface area contributed by atoms with E-state index in [0.29, 0.717) is 5.56 Å². The van der Waals surface area contributed by atoms with Gasteiger partial charge in [0, 0.05) is 11.6 Å².